The van der Waals surface area contributed by atoms with Crippen LogP contribution in [-0.2, 0) is 10.8 Å². The molecule has 7 heteroatoms. The maximum atomic E-state index is 6.95. The van der Waals surface area contributed by atoms with Crippen molar-refractivity contribution >= 4 is 163 Å². The van der Waals surface area contributed by atoms with Gasteiger partial charge in [-0.1, -0.05) is 175 Å². The molecule has 0 bridgehead atoms. The van der Waals surface area contributed by atoms with E-state index in [1.54, 1.807) is 0 Å². The number of para-hydroxylation sites is 2. The Morgan fingerprint density at radius 2 is 0.987 bits per heavy atom. The van der Waals surface area contributed by atoms with Crippen molar-refractivity contribution in [1.82, 2.24) is 0 Å². The molecule has 0 amide bonds. The summed E-state index contributed by atoms with van der Waals surface area (Å²) in [6, 6.07) is 75.9. The number of furan rings is 1. The number of thiophene rings is 3. The summed E-state index contributed by atoms with van der Waals surface area (Å²) < 4.78 is 14.8. The van der Waals surface area contributed by atoms with Crippen molar-refractivity contribution in [2.24, 2.45) is 0 Å². The Hall–Kier alpha value is -7.94. The maximum absolute atomic E-state index is 6.95. The molecule has 77 heavy (non-hydrogen) atoms. The smallest absolute Gasteiger partial charge is 0.264 e. The normalized spacial score (nSPS) is 13.5. The van der Waals surface area contributed by atoms with Crippen LogP contribution >= 0.6 is 34.0 Å². The monoisotopic (exact) mass is 1040 g/mol. The van der Waals surface area contributed by atoms with Gasteiger partial charge in [0.25, 0.3) is 6.71 Å². The predicted octanol–water partition coefficient (Wildman–Crippen LogP) is 19.5. The van der Waals surface area contributed by atoms with Crippen molar-refractivity contribution in [3.63, 3.8) is 0 Å². The van der Waals surface area contributed by atoms with E-state index in [9.17, 15) is 0 Å². The molecule has 14 aromatic rings. The summed E-state index contributed by atoms with van der Waals surface area (Å²) in [6.45, 7) is 13.9. The lowest BCUT2D eigenvalue weighted by Crippen LogP contribution is -2.60. The summed E-state index contributed by atoms with van der Waals surface area (Å²) in [7, 11) is 0. The Balaban J connectivity index is 1.06. The standard InChI is InChI=1S/C70H51BN2OS3/c1-69(2,3)42-29-32-44(33-30-42)72-57-37-41(45-19-13-21-50-47-16-7-10-25-59(47)74-65(45)50)38-58-63(57)71(68-64(72)53-39-43(70(4,5)6)31-35-62(53)77-68)54-34-28-40(46-20-14-22-51-48-17-8-11-26-60(48)75-66(46)51)36-56(54)73(58)55-24-15-23-52-49-18-9-12-27-61(49)76-67(52)55/h7-39H,1-6H3. The van der Waals surface area contributed by atoms with Gasteiger partial charge < -0.3 is 14.2 Å². The summed E-state index contributed by atoms with van der Waals surface area (Å²) in [5, 5.41) is 8.72. The Morgan fingerprint density at radius 3 is 1.73 bits per heavy atom. The zero-order chi connectivity index (χ0) is 51.6. The molecule has 0 spiro atoms. The topological polar surface area (TPSA) is 19.6 Å². The zero-order valence-electron chi connectivity index (χ0n) is 43.7. The van der Waals surface area contributed by atoms with Crippen LogP contribution < -0.4 is 25.5 Å². The van der Waals surface area contributed by atoms with Gasteiger partial charge in [-0.15, -0.1) is 34.0 Å². The second-order valence-electron chi connectivity index (χ2n) is 23.2. The number of rotatable bonds is 4. The molecular formula is C70H51BN2OS3. The van der Waals surface area contributed by atoms with Crippen LogP contribution in [0.5, 0.6) is 0 Å². The van der Waals surface area contributed by atoms with E-state index in [1.807, 2.05) is 34.0 Å². The molecule has 0 atom stereocenters. The molecule has 0 aliphatic carbocycles. The largest absolute Gasteiger partial charge is 0.455 e. The third-order valence-corrected chi connectivity index (χ3v) is 20.2. The van der Waals surface area contributed by atoms with E-state index in [1.165, 1.54) is 117 Å². The first-order valence-electron chi connectivity index (χ1n) is 26.8. The van der Waals surface area contributed by atoms with Gasteiger partial charge in [0, 0.05) is 89.6 Å². The van der Waals surface area contributed by atoms with Gasteiger partial charge >= 0.3 is 0 Å². The molecule has 0 radical (unpaired) electrons. The Labute approximate surface area is 460 Å². The number of benzene rings is 10. The van der Waals surface area contributed by atoms with Crippen LogP contribution in [0.4, 0.5) is 34.1 Å². The van der Waals surface area contributed by atoms with Gasteiger partial charge in [-0.25, -0.2) is 0 Å². The summed E-state index contributed by atoms with van der Waals surface area (Å²) in [4.78, 5) is 5.28. The van der Waals surface area contributed by atoms with Crippen molar-refractivity contribution < 1.29 is 4.42 Å². The number of hydrogen-bond acceptors (Lipinski definition) is 6. The molecule has 6 heterocycles. The maximum Gasteiger partial charge on any atom is 0.264 e. The molecule has 3 nitrogen and oxygen atoms in total. The lowest BCUT2D eigenvalue weighted by molar-refractivity contribution is 0.590. The van der Waals surface area contributed by atoms with Gasteiger partial charge in [-0.05, 0) is 116 Å². The average Bonchev–Trinajstić information content (AvgIpc) is 4.43. The van der Waals surface area contributed by atoms with Gasteiger partial charge in [0.1, 0.15) is 11.2 Å². The highest BCUT2D eigenvalue weighted by molar-refractivity contribution is 7.34. The van der Waals surface area contributed by atoms with Gasteiger partial charge in [0.15, 0.2) is 0 Å². The molecule has 0 N–H and O–H groups in total. The van der Waals surface area contributed by atoms with Gasteiger partial charge in [0.2, 0.25) is 0 Å². The van der Waals surface area contributed by atoms with Crippen LogP contribution in [0.25, 0.3) is 94.6 Å². The van der Waals surface area contributed by atoms with E-state index in [0.29, 0.717) is 0 Å². The van der Waals surface area contributed by atoms with E-state index >= 15 is 0 Å². The van der Waals surface area contributed by atoms with Crippen molar-refractivity contribution in [2.75, 3.05) is 9.80 Å². The van der Waals surface area contributed by atoms with Gasteiger partial charge in [-0.3, -0.25) is 0 Å². The van der Waals surface area contributed by atoms with Gasteiger partial charge in [0.05, 0.1) is 16.1 Å². The third-order valence-electron chi connectivity index (χ3n) is 16.6. The minimum Gasteiger partial charge on any atom is -0.455 e. The van der Waals surface area contributed by atoms with Crippen molar-refractivity contribution in [2.45, 2.75) is 52.4 Å². The first kappa shape index (κ1) is 45.3. The second kappa shape index (κ2) is 16.3. The SMILES string of the molecule is CC(C)(C)c1ccc(N2c3cc(-c4cccc5c4oc4ccccc45)cc4c3B(c3ccc(-c5cccc6c5sc5ccccc56)cc3N4c3cccc4c3sc3ccccc34)c3sc4ccc(C(C)(C)C)cc4c32)cc1. The molecule has 0 fully saturated rings. The Morgan fingerprint density at radius 1 is 0.403 bits per heavy atom. The van der Waals surface area contributed by atoms with E-state index in [-0.39, 0.29) is 17.5 Å². The molecule has 0 saturated heterocycles. The molecule has 10 aromatic carbocycles. The Kier molecular flexibility index (Phi) is 9.58. The van der Waals surface area contributed by atoms with Crippen molar-refractivity contribution in [3.05, 3.63) is 211 Å². The van der Waals surface area contributed by atoms with E-state index in [4.69, 9.17) is 4.42 Å². The lowest BCUT2D eigenvalue weighted by Gasteiger charge is -2.43. The highest BCUT2D eigenvalue weighted by Gasteiger charge is 2.46. The zero-order valence-corrected chi connectivity index (χ0v) is 46.1. The van der Waals surface area contributed by atoms with Crippen LogP contribution in [0.1, 0.15) is 52.7 Å². The average molecular weight is 1040 g/mol. The minimum absolute atomic E-state index is 0.00308. The van der Waals surface area contributed by atoms with Crippen LogP contribution in [0.3, 0.4) is 0 Å². The molecule has 368 valence electrons. The fraction of sp³-hybridized carbons (Fsp3) is 0.114. The van der Waals surface area contributed by atoms with Crippen LogP contribution in [0, 0.1) is 0 Å². The minimum atomic E-state index is -0.0614. The molecule has 2 aliphatic heterocycles. The summed E-state index contributed by atoms with van der Waals surface area (Å²) in [5.74, 6) is 0. The fourth-order valence-electron chi connectivity index (χ4n) is 12.8. The summed E-state index contributed by atoms with van der Waals surface area (Å²) in [6.07, 6.45) is 0. The highest BCUT2D eigenvalue weighted by Crippen LogP contribution is 2.53. The number of nitrogens with zero attached hydrogens (tertiary/aromatic N) is 2. The molecule has 16 rings (SSSR count). The van der Waals surface area contributed by atoms with Crippen LogP contribution in [-0.4, -0.2) is 6.71 Å². The predicted molar refractivity (Wildman–Crippen MR) is 337 cm³/mol. The summed E-state index contributed by atoms with van der Waals surface area (Å²) in [5.41, 5.74) is 18.8. The molecule has 0 saturated carbocycles. The van der Waals surface area contributed by atoms with Crippen LogP contribution in [0.2, 0.25) is 0 Å². The Bertz CT molecular complexity index is 4810. The van der Waals surface area contributed by atoms with Crippen molar-refractivity contribution in [1.29, 1.82) is 0 Å². The molecule has 4 aromatic heterocycles. The first-order chi connectivity index (χ1) is 37.4. The van der Waals surface area contributed by atoms with Crippen LogP contribution in [0.15, 0.2) is 205 Å². The number of fused-ring (bicyclic) bond motifs is 15. The molecule has 0 unspecified atom stereocenters. The van der Waals surface area contributed by atoms with E-state index in [0.717, 1.165) is 38.8 Å². The summed E-state index contributed by atoms with van der Waals surface area (Å²) >= 11 is 5.77. The second-order valence-corrected chi connectivity index (χ2v) is 26.4. The fourth-order valence-corrected chi connectivity index (χ4v) is 16.5. The highest BCUT2D eigenvalue weighted by atomic mass is 32.1. The molecular weight excluding hydrogens is 992 g/mol. The quantitative estimate of drug-likeness (QED) is 0.164. The first-order valence-corrected chi connectivity index (χ1v) is 29.2. The van der Waals surface area contributed by atoms with Crippen molar-refractivity contribution in [3.8, 4) is 22.3 Å². The number of anilines is 6. The molecule has 2 aliphatic rings. The lowest BCUT2D eigenvalue weighted by atomic mass is 9.36. The third kappa shape index (κ3) is 6.67. The van der Waals surface area contributed by atoms with E-state index in [2.05, 4.69) is 252 Å². The number of hydrogen-bond donors (Lipinski definition) is 0. The van der Waals surface area contributed by atoms with Gasteiger partial charge in [-0.2, -0.15) is 0 Å². The van der Waals surface area contributed by atoms with E-state index < -0.39 is 0 Å².